The number of aryl methyl sites for hydroxylation is 1. The molecule has 1 aliphatic heterocycles. The maximum Gasteiger partial charge on any atom is 0.243 e. The lowest BCUT2D eigenvalue weighted by atomic mass is 10.1. The van der Waals surface area contributed by atoms with E-state index in [0.29, 0.717) is 36.6 Å². The first-order valence-electron chi connectivity index (χ1n) is 9.02. The molecule has 0 aromatic heterocycles. The number of sulfonamides is 1. The van der Waals surface area contributed by atoms with Gasteiger partial charge in [0.05, 0.1) is 4.90 Å². The van der Waals surface area contributed by atoms with Crippen LogP contribution in [0.5, 0.6) is 0 Å². The lowest BCUT2D eigenvalue weighted by molar-refractivity contribution is 0.346. The van der Waals surface area contributed by atoms with Crippen LogP contribution in [0.2, 0.25) is 0 Å². The maximum absolute atomic E-state index is 13.4. The molecule has 1 heterocycles. The summed E-state index contributed by atoms with van der Waals surface area (Å²) < 4.78 is 40.9. The molecule has 3 rings (SSSR count). The van der Waals surface area contributed by atoms with Gasteiger partial charge >= 0.3 is 0 Å². The molecule has 0 atom stereocenters. The fraction of sp³-hybridized carbons (Fsp3) is 0.400. The molecule has 2 aromatic carbocycles. The van der Waals surface area contributed by atoms with Crippen LogP contribution < -0.4 is 5.32 Å². The van der Waals surface area contributed by atoms with Gasteiger partial charge in [-0.15, -0.1) is 0 Å². The van der Waals surface area contributed by atoms with Crippen LogP contribution in [0.25, 0.3) is 0 Å². The van der Waals surface area contributed by atoms with Crippen molar-refractivity contribution < 1.29 is 12.8 Å². The van der Waals surface area contributed by atoms with Gasteiger partial charge in [-0.2, -0.15) is 4.31 Å². The third-order valence-corrected chi connectivity index (χ3v) is 6.77. The van der Waals surface area contributed by atoms with Crippen LogP contribution in [0.4, 0.5) is 4.39 Å². The van der Waals surface area contributed by atoms with E-state index in [1.165, 1.54) is 6.07 Å². The monoisotopic (exact) mass is 376 g/mol. The van der Waals surface area contributed by atoms with Gasteiger partial charge in [0.2, 0.25) is 10.0 Å². The van der Waals surface area contributed by atoms with Crippen molar-refractivity contribution in [2.24, 2.45) is 0 Å². The van der Waals surface area contributed by atoms with Crippen molar-refractivity contribution >= 4 is 10.0 Å². The molecule has 0 aliphatic carbocycles. The highest BCUT2D eigenvalue weighted by Crippen LogP contribution is 2.23. The molecule has 0 unspecified atom stereocenters. The second kappa shape index (κ2) is 8.29. The van der Waals surface area contributed by atoms with E-state index in [1.807, 2.05) is 12.1 Å². The van der Waals surface area contributed by atoms with Gasteiger partial charge < -0.3 is 5.32 Å². The predicted octanol–water partition coefficient (Wildman–Crippen LogP) is 3.60. The van der Waals surface area contributed by atoms with E-state index in [1.54, 1.807) is 35.5 Å². The number of hydrogen-bond acceptors (Lipinski definition) is 3. The summed E-state index contributed by atoms with van der Waals surface area (Å²) >= 11 is 0. The van der Waals surface area contributed by atoms with Crippen LogP contribution in [0.3, 0.4) is 0 Å². The minimum absolute atomic E-state index is 0.216. The average molecular weight is 376 g/mol. The van der Waals surface area contributed by atoms with Crippen molar-refractivity contribution in [2.45, 2.75) is 44.2 Å². The highest BCUT2D eigenvalue weighted by Gasteiger charge is 2.27. The summed E-state index contributed by atoms with van der Waals surface area (Å²) in [5, 5.41) is 3.27. The van der Waals surface area contributed by atoms with Gasteiger partial charge in [0.15, 0.2) is 0 Å². The minimum Gasteiger partial charge on any atom is -0.309 e. The Balaban J connectivity index is 1.71. The van der Waals surface area contributed by atoms with Crippen molar-refractivity contribution in [1.29, 1.82) is 0 Å². The number of hydrogen-bond donors (Lipinski definition) is 1. The maximum atomic E-state index is 13.4. The van der Waals surface area contributed by atoms with Crippen molar-refractivity contribution in [1.82, 2.24) is 9.62 Å². The van der Waals surface area contributed by atoms with Gasteiger partial charge in [0.1, 0.15) is 5.82 Å². The van der Waals surface area contributed by atoms with Crippen LogP contribution >= 0.6 is 0 Å². The molecule has 6 heteroatoms. The van der Waals surface area contributed by atoms with Crippen molar-refractivity contribution in [2.75, 3.05) is 13.1 Å². The molecule has 0 spiro atoms. The lowest BCUT2D eigenvalue weighted by Gasteiger charge is -2.26. The molecule has 26 heavy (non-hydrogen) atoms. The van der Waals surface area contributed by atoms with E-state index in [2.05, 4.69) is 5.32 Å². The van der Waals surface area contributed by atoms with Gasteiger partial charge in [-0.25, -0.2) is 12.8 Å². The van der Waals surface area contributed by atoms with Crippen molar-refractivity contribution in [3.8, 4) is 0 Å². The molecule has 0 amide bonds. The van der Waals surface area contributed by atoms with E-state index < -0.39 is 10.0 Å². The normalized spacial score (nSPS) is 15.9. The predicted molar refractivity (Wildman–Crippen MR) is 101 cm³/mol. The van der Waals surface area contributed by atoms with Gasteiger partial charge in [-0.05, 0) is 48.6 Å². The molecular weight excluding hydrogens is 351 g/mol. The Morgan fingerprint density at radius 2 is 1.77 bits per heavy atom. The van der Waals surface area contributed by atoms with Crippen LogP contribution in [0, 0.1) is 12.7 Å². The zero-order valence-electron chi connectivity index (χ0n) is 15.0. The topological polar surface area (TPSA) is 49.4 Å². The molecule has 1 fully saturated rings. The Bertz CT molecular complexity index is 862. The molecule has 1 N–H and O–H groups in total. The number of piperidine rings is 1. The highest BCUT2D eigenvalue weighted by atomic mass is 32.2. The van der Waals surface area contributed by atoms with Gasteiger partial charge in [0.25, 0.3) is 0 Å². The molecule has 0 radical (unpaired) electrons. The zero-order valence-corrected chi connectivity index (χ0v) is 15.9. The summed E-state index contributed by atoms with van der Waals surface area (Å²) in [5.41, 5.74) is 2.34. The Labute approximate surface area is 155 Å². The van der Waals surface area contributed by atoms with E-state index in [9.17, 15) is 12.8 Å². The summed E-state index contributed by atoms with van der Waals surface area (Å²) in [7, 11) is -3.46. The van der Waals surface area contributed by atoms with Gasteiger partial charge in [-0.3, -0.25) is 0 Å². The third kappa shape index (κ3) is 4.31. The molecule has 1 saturated heterocycles. The van der Waals surface area contributed by atoms with Crippen LogP contribution in [-0.2, 0) is 23.1 Å². The summed E-state index contributed by atoms with van der Waals surface area (Å²) in [6, 6.07) is 12.2. The Hall–Kier alpha value is -1.76. The minimum atomic E-state index is -3.46. The Kier molecular flexibility index (Phi) is 6.06. The quantitative estimate of drug-likeness (QED) is 0.838. The van der Waals surface area contributed by atoms with Gasteiger partial charge in [0, 0.05) is 26.2 Å². The largest absolute Gasteiger partial charge is 0.309 e. The number of nitrogens with zero attached hydrogens (tertiary/aromatic N) is 1. The van der Waals surface area contributed by atoms with Crippen LogP contribution in [-0.4, -0.2) is 25.8 Å². The number of nitrogens with one attached hydrogen (secondary N) is 1. The molecule has 1 aliphatic rings. The molecular formula is C20H25FN2O2S. The highest BCUT2D eigenvalue weighted by molar-refractivity contribution is 7.89. The van der Waals surface area contributed by atoms with E-state index in [0.717, 1.165) is 30.4 Å². The average Bonchev–Trinajstić information content (AvgIpc) is 2.66. The van der Waals surface area contributed by atoms with E-state index in [4.69, 9.17) is 0 Å². The first kappa shape index (κ1) is 19.0. The van der Waals surface area contributed by atoms with Crippen molar-refractivity contribution in [3.63, 3.8) is 0 Å². The second-order valence-electron chi connectivity index (χ2n) is 6.76. The molecule has 0 bridgehead atoms. The van der Waals surface area contributed by atoms with E-state index in [-0.39, 0.29) is 5.82 Å². The fourth-order valence-electron chi connectivity index (χ4n) is 3.30. The molecule has 140 valence electrons. The Morgan fingerprint density at radius 1 is 1.04 bits per heavy atom. The standard InChI is InChI=1S/C20H25FN2O2S/c1-16-13-17(9-10-19(16)21)14-22-15-18-7-3-4-8-20(18)26(24,25)23-11-5-2-6-12-23/h3-4,7-10,13,22H,2,5-6,11-12,14-15H2,1H3. The number of halogens is 1. The zero-order chi connectivity index (χ0) is 18.6. The molecule has 2 aromatic rings. The number of benzene rings is 2. The SMILES string of the molecule is Cc1cc(CNCc2ccccc2S(=O)(=O)N2CCCCC2)ccc1F. The molecule has 4 nitrogen and oxygen atoms in total. The summed E-state index contributed by atoms with van der Waals surface area (Å²) in [4.78, 5) is 0.379. The lowest BCUT2D eigenvalue weighted by Crippen LogP contribution is -2.36. The van der Waals surface area contributed by atoms with Crippen molar-refractivity contribution in [3.05, 3.63) is 65.0 Å². The summed E-state index contributed by atoms with van der Waals surface area (Å²) in [6.45, 7) is 3.93. The van der Waals surface area contributed by atoms with Crippen LogP contribution in [0.1, 0.15) is 36.0 Å². The third-order valence-electron chi connectivity index (χ3n) is 4.77. The number of rotatable bonds is 6. The first-order chi connectivity index (χ1) is 12.5. The molecule has 0 saturated carbocycles. The summed E-state index contributed by atoms with van der Waals surface area (Å²) in [5.74, 6) is -0.216. The van der Waals surface area contributed by atoms with Gasteiger partial charge in [-0.1, -0.05) is 36.8 Å². The second-order valence-corrected chi connectivity index (χ2v) is 8.67. The fourth-order valence-corrected chi connectivity index (χ4v) is 5.04. The smallest absolute Gasteiger partial charge is 0.243 e. The Morgan fingerprint density at radius 3 is 2.50 bits per heavy atom. The summed E-state index contributed by atoms with van der Waals surface area (Å²) in [6.07, 6.45) is 2.93. The van der Waals surface area contributed by atoms with E-state index >= 15 is 0 Å². The van der Waals surface area contributed by atoms with Crippen LogP contribution in [0.15, 0.2) is 47.4 Å². The first-order valence-corrected chi connectivity index (χ1v) is 10.5.